The van der Waals surface area contributed by atoms with Crippen molar-refractivity contribution in [3.05, 3.63) is 53.7 Å². The van der Waals surface area contributed by atoms with Crippen molar-refractivity contribution in [1.82, 2.24) is 19.6 Å². The number of hydrogen-bond donors (Lipinski definition) is 0. The lowest BCUT2D eigenvalue weighted by Crippen LogP contribution is -2.26. The average Bonchev–Trinajstić information content (AvgIpc) is 3.00. The fourth-order valence-electron chi connectivity index (χ4n) is 2.61. The van der Waals surface area contributed by atoms with Crippen LogP contribution in [0, 0.1) is 17.5 Å². The molecular formula is C16H13ClF3N5. The van der Waals surface area contributed by atoms with Gasteiger partial charge in [0.1, 0.15) is 34.7 Å². The SMILES string of the molecule is C=CCN(CC)c1c(-c2c(F)cc(F)cc2F)c(Cl)nc2ncnn12. The van der Waals surface area contributed by atoms with Crippen LogP contribution in [0.3, 0.4) is 0 Å². The normalized spacial score (nSPS) is 11.1. The second-order valence-electron chi connectivity index (χ2n) is 5.14. The molecule has 0 amide bonds. The van der Waals surface area contributed by atoms with Gasteiger partial charge in [0, 0.05) is 25.2 Å². The molecule has 0 radical (unpaired) electrons. The molecule has 0 saturated heterocycles. The Morgan fingerprint density at radius 1 is 1.24 bits per heavy atom. The Morgan fingerprint density at radius 2 is 1.92 bits per heavy atom. The maximum Gasteiger partial charge on any atom is 0.255 e. The van der Waals surface area contributed by atoms with E-state index in [1.807, 2.05) is 6.92 Å². The first-order valence-electron chi connectivity index (χ1n) is 7.37. The number of fused-ring (bicyclic) bond motifs is 1. The molecule has 0 fully saturated rings. The van der Waals surface area contributed by atoms with E-state index < -0.39 is 23.0 Å². The lowest BCUT2D eigenvalue weighted by atomic mass is 10.1. The zero-order valence-corrected chi connectivity index (χ0v) is 13.9. The van der Waals surface area contributed by atoms with Crippen LogP contribution in [-0.4, -0.2) is 32.7 Å². The van der Waals surface area contributed by atoms with Crippen LogP contribution in [0.2, 0.25) is 5.15 Å². The number of nitrogens with zero attached hydrogens (tertiary/aromatic N) is 5. The Bertz CT molecular complexity index is 933. The summed E-state index contributed by atoms with van der Waals surface area (Å²) in [4.78, 5) is 9.75. The summed E-state index contributed by atoms with van der Waals surface area (Å²) in [5, 5.41) is 3.90. The van der Waals surface area contributed by atoms with Gasteiger partial charge in [0.05, 0.1) is 11.1 Å². The van der Waals surface area contributed by atoms with Crippen LogP contribution in [0.1, 0.15) is 6.92 Å². The molecule has 130 valence electrons. The highest BCUT2D eigenvalue weighted by atomic mass is 35.5. The van der Waals surface area contributed by atoms with Crippen molar-refractivity contribution >= 4 is 23.2 Å². The topological polar surface area (TPSA) is 46.3 Å². The first kappa shape index (κ1) is 17.2. The molecule has 0 N–H and O–H groups in total. The zero-order valence-electron chi connectivity index (χ0n) is 13.2. The van der Waals surface area contributed by atoms with Crippen molar-refractivity contribution in [2.45, 2.75) is 6.92 Å². The summed E-state index contributed by atoms with van der Waals surface area (Å²) in [5.74, 6) is -2.73. The Kier molecular flexibility index (Phi) is 4.63. The van der Waals surface area contributed by atoms with Crippen LogP contribution < -0.4 is 4.90 Å². The molecule has 0 bridgehead atoms. The molecule has 0 unspecified atom stereocenters. The van der Waals surface area contributed by atoms with Crippen molar-refractivity contribution in [3.63, 3.8) is 0 Å². The smallest absolute Gasteiger partial charge is 0.255 e. The number of benzene rings is 1. The zero-order chi connectivity index (χ0) is 18.1. The molecular weight excluding hydrogens is 355 g/mol. The minimum atomic E-state index is -1.09. The van der Waals surface area contributed by atoms with E-state index in [0.717, 1.165) is 0 Å². The molecule has 2 heterocycles. The van der Waals surface area contributed by atoms with Gasteiger partial charge in [-0.2, -0.15) is 19.6 Å². The van der Waals surface area contributed by atoms with Gasteiger partial charge in [-0.15, -0.1) is 6.58 Å². The molecule has 0 aliphatic heterocycles. The van der Waals surface area contributed by atoms with Crippen LogP contribution in [0.25, 0.3) is 16.9 Å². The molecule has 0 aliphatic rings. The lowest BCUT2D eigenvalue weighted by molar-refractivity contribution is 0.547. The third-order valence-corrected chi connectivity index (χ3v) is 3.92. The van der Waals surface area contributed by atoms with Crippen LogP contribution in [-0.2, 0) is 0 Å². The summed E-state index contributed by atoms with van der Waals surface area (Å²) in [6.07, 6.45) is 2.88. The van der Waals surface area contributed by atoms with E-state index in [-0.39, 0.29) is 16.5 Å². The largest absolute Gasteiger partial charge is 0.352 e. The van der Waals surface area contributed by atoms with Gasteiger partial charge in [-0.25, -0.2) is 13.2 Å². The maximum atomic E-state index is 14.4. The number of anilines is 1. The number of likely N-dealkylation sites (N-methyl/N-ethyl adjacent to an activating group) is 1. The van der Waals surface area contributed by atoms with Gasteiger partial charge in [0.15, 0.2) is 0 Å². The summed E-state index contributed by atoms with van der Waals surface area (Å²) >= 11 is 6.21. The number of aromatic nitrogens is 4. The fourth-order valence-corrected chi connectivity index (χ4v) is 2.87. The second kappa shape index (κ2) is 6.72. The van der Waals surface area contributed by atoms with Crippen LogP contribution in [0.15, 0.2) is 31.1 Å². The predicted octanol–water partition coefficient (Wildman–Crippen LogP) is 3.87. The molecule has 0 atom stereocenters. The summed E-state index contributed by atoms with van der Waals surface area (Å²) in [7, 11) is 0. The third kappa shape index (κ3) is 2.93. The van der Waals surface area contributed by atoms with E-state index in [2.05, 4.69) is 21.6 Å². The molecule has 2 aromatic heterocycles. The molecule has 1 aromatic carbocycles. The van der Waals surface area contributed by atoms with Crippen molar-refractivity contribution in [3.8, 4) is 11.1 Å². The Hall–Kier alpha value is -2.61. The van der Waals surface area contributed by atoms with Crippen molar-refractivity contribution < 1.29 is 13.2 Å². The molecule has 9 heteroatoms. The minimum Gasteiger partial charge on any atom is -0.352 e. The molecule has 0 spiro atoms. The summed E-state index contributed by atoms with van der Waals surface area (Å²) in [6, 6.07) is 1.18. The molecule has 0 aliphatic carbocycles. The molecule has 0 saturated carbocycles. The summed E-state index contributed by atoms with van der Waals surface area (Å²) in [5.41, 5.74) is -0.507. The van der Waals surface area contributed by atoms with E-state index in [9.17, 15) is 13.2 Å². The van der Waals surface area contributed by atoms with Crippen molar-refractivity contribution in [1.29, 1.82) is 0 Å². The van der Waals surface area contributed by atoms with Crippen LogP contribution in [0.4, 0.5) is 19.0 Å². The quantitative estimate of drug-likeness (QED) is 0.507. The Labute approximate surface area is 146 Å². The second-order valence-corrected chi connectivity index (χ2v) is 5.50. The highest BCUT2D eigenvalue weighted by molar-refractivity contribution is 6.33. The summed E-state index contributed by atoms with van der Waals surface area (Å²) < 4.78 is 43.4. The van der Waals surface area contributed by atoms with Crippen LogP contribution in [0.5, 0.6) is 0 Å². The van der Waals surface area contributed by atoms with Crippen molar-refractivity contribution in [2.75, 3.05) is 18.0 Å². The van der Waals surface area contributed by atoms with Crippen LogP contribution >= 0.6 is 11.6 Å². The minimum absolute atomic E-state index is 0.0293. The first-order valence-corrected chi connectivity index (χ1v) is 7.75. The van der Waals surface area contributed by atoms with Gasteiger partial charge in [0.2, 0.25) is 0 Å². The Balaban J connectivity index is 2.42. The van der Waals surface area contributed by atoms with Gasteiger partial charge >= 0.3 is 0 Å². The van der Waals surface area contributed by atoms with E-state index in [1.54, 1.807) is 11.0 Å². The number of halogens is 4. The molecule has 25 heavy (non-hydrogen) atoms. The first-order chi connectivity index (χ1) is 12.0. The van der Waals surface area contributed by atoms with Gasteiger partial charge in [-0.3, -0.25) is 0 Å². The van der Waals surface area contributed by atoms with Gasteiger partial charge in [-0.1, -0.05) is 17.7 Å². The molecule has 5 nitrogen and oxygen atoms in total. The number of hydrogen-bond acceptors (Lipinski definition) is 4. The highest BCUT2D eigenvalue weighted by Crippen LogP contribution is 2.39. The van der Waals surface area contributed by atoms with Gasteiger partial charge < -0.3 is 4.90 Å². The lowest BCUT2D eigenvalue weighted by Gasteiger charge is -2.25. The van der Waals surface area contributed by atoms with E-state index >= 15 is 0 Å². The standard InChI is InChI=1S/C16H13ClF3N5/c1-3-5-24(4-2)15-13(12-10(19)6-9(18)7-11(12)20)14(17)23-16-21-8-22-25(15)16/h3,6-8H,1,4-5H2,2H3. The van der Waals surface area contributed by atoms with Crippen molar-refractivity contribution in [2.24, 2.45) is 0 Å². The van der Waals surface area contributed by atoms with Gasteiger partial charge in [-0.05, 0) is 6.92 Å². The monoisotopic (exact) mass is 367 g/mol. The van der Waals surface area contributed by atoms with E-state index in [1.165, 1.54) is 10.8 Å². The van der Waals surface area contributed by atoms with Gasteiger partial charge in [0.25, 0.3) is 5.78 Å². The van der Waals surface area contributed by atoms with E-state index in [0.29, 0.717) is 31.0 Å². The molecule has 3 rings (SSSR count). The number of rotatable bonds is 5. The Morgan fingerprint density at radius 3 is 2.52 bits per heavy atom. The third-order valence-electron chi connectivity index (χ3n) is 3.65. The highest BCUT2D eigenvalue weighted by Gasteiger charge is 2.26. The average molecular weight is 368 g/mol. The maximum absolute atomic E-state index is 14.4. The fraction of sp³-hybridized carbons (Fsp3) is 0.188. The van der Waals surface area contributed by atoms with E-state index in [4.69, 9.17) is 11.6 Å². The molecule has 3 aromatic rings. The summed E-state index contributed by atoms with van der Waals surface area (Å²) in [6.45, 7) is 6.36. The predicted molar refractivity (Wildman–Crippen MR) is 89.2 cm³/mol.